The number of hydrogen-bond donors (Lipinski definition) is 2. The normalized spacial score (nSPS) is 12.5. The van der Waals surface area contributed by atoms with Gasteiger partial charge in [-0.1, -0.05) is 141 Å². The Bertz CT molecular complexity index is 642. The smallest absolute Gasteiger partial charge is 0.230 e. The third-order valence-electron chi connectivity index (χ3n) is 8.31. The Balaban J connectivity index is 3.94. The van der Waals surface area contributed by atoms with Crippen molar-refractivity contribution in [3.05, 3.63) is 24.3 Å². The summed E-state index contributed by atoms with van der Waals surface area (Å²) in [5, 5.41) is 11.8. The first-order valence-corrected chi connectivity index (χ1v) is 18.4. The van der Waals surface area contributed by atoms with Gasteiger partial charge in [-0.15, -0.1) is 0 Å². The molecule has 0 aromatic rings. The highest BCUT2D eigenvalue weighted by Crippen LogP contribution is 2.18. The molecule has 0 saturated carbocycles. The summed E-state index contributed by atoms with van der Waals surface area (Å²) in [7, 11) is 0. The Hall–Kier alpha value is -1.42. The molecule has 0 heterocycles. The maximum absolute atomic E-state index is 12.9. The molecule has 0 aliphatic heterocycles. The van der Waals surface area contributed by atoms with Gasteiger partial charge in [0.2, 0.25) is 5.91 Å². The number of nitrogens with one attached hydrogen (secondary N) is 1. The fourth-order valence-corrected chi connectivity index (χ4v) is 5.53. The van der Waals surface area contributed by atoms with E-state index in [0.29, 0.717) is 12.8 Å². The number of unbranched alkanes of at least 4 members (excludes halogenated alkanes) is 21. The molecule has 4 heteroatoms. The standard InChI is InChI=1S/C38H71NO3/c1-3-5-7-9-11-13-15-17-19-21-23-25-27-29-31-33-37(41)36(38(42)39-34-35-40)32-30-28-26-24-22-20-18-16-14-12-10-8-6-4-2/h17-20,36,40H,3-16,21-35H2,1-2H3,(H,39,42)/b19-17?,20-18-. The largest absolute Gasteiger partial charge is 0.395 e. The van der Waals surface area contributed by atoms with E-state index in [0.717, 1.165) is 51.4 Å². The van der Waals surface area contributed by atoms with Gasteiger partial charge in [0.1, 0.15) is 5.78 Å². The van der Waals surface area contributed by atoms with E-state index in [2.05, 4.69) is 43.5 Å². The van der Waals surface area contributed by atoms with Crippen LogP contribution in [0.5, 0.6) is 0 Å². The summed E-state index contributed by atoms with van der Waals surface area (Å²) in [5.74, 6) is -0.661. The highest BCUT2D eigenvalue weighted by Gasteiger charge is 2.25. The van der Waals surface area contributed by atoms with Gasteiger partial charge in [-0.3, -0.25) is 9.59 Å². The van der Waals surface area contributed by atoms with Crippen molar-refractivity contribution in [2.24, 2.45) is 5.92 Å². The van der Waals surface area contributed by atoms with Crippen molar-refractivity contribution >= 4 is 11.7 Å². The van der Waals surface area contributed by atoms with Crippen LogP contribution in [-0.2, 0) is 9.59 Å². The van der Waals surface area contributed by atoms with Gasteiger partial charge in [0.25, 0.3) is 0 Å². The number of ketones is 1. The van der Waals surface area contributed by atoms with Gasteiger partial charge in [0, 0.05) is 13.0 Å². The minimum Gasteiger partial charge on any atom is -0.395 e. The van der Waals surface area contributed by atoms with Gasteiger partial charge in [0.15, 0.2) is 0 Å². The zero-order valence-corrected chi connectivity index (χ0v) is 28.2. The Morgan fingerprint density at radius 1 is 0.548 bits per heavy atom. The van der Waals surface area contributed by atoms with E-state index < -0.39 is 5.92 Å². The lowest BCUT2D eigenvalue weighted by atomic mass is 9.92. The van der Waals surface area contributed by atoms with Gasteiger partial charge in [-0.2, -0.15) is 0 Å². The number of aliphatic hydroxyl groups is 1. The molecule has 0 aromatic heterocycles. The molecule has 1 atom stereocenters. The fourth-order valence-electron chi connectivity index (χ4n) is 5.53. The number of allylic oxidation sites excluding steroid dienone is 4. The molecule has 246 valence electrons. The first kappa shape index (κ1) is 40.6. The number of amides is 1. The zero-order chi connectivity index (χ0) is 30.8. The third-order valence-corrected chi connectivity index (χ3v) is 8.31. The lowest BCUT2D eigenvalue weighted by molar-refractivity contribution is -0.134. The molecule has 0 rings (SSSR count). The van der Waals surface area contributed by atoms with E-state index >= 15 is 0 Å². The second kappa shape index (κ2) is 34.1. The number of hydrogen-bond acceptors (Lipinski definition) is 3. The quantitative estimate of drug-likeness (QED) is 0.0454. The molecule has 0 aliphatic rings. The summed E-state index contributed by atoms with van der Waals surface area (Å²) < 4.78 is 0. The van der Waals surface area contributed by atoms with Crippen LogP contribution in [0.25, 0.3) is 0 Å². The monoisotopic (exact) mass is 590 g/mol. The highest BCUT2D eigenvalue weighted by atomic mass is 16.3. The van der Waals surface area contributed by atoms with E-state index in [1.807, 2.05) is 0 Å². The van der Waals surface area contributed by atoms with E-state index in [-0.39, 0.29) is 24.8 Å². The van der Waals surface area contributed by atoms with Gasteiger partial charge in [-0.05, 0) is 64.2 Å². The Morgan fingerprint density at radius 2 is 0.929 bits per heavy atom. The first-order valence-electron chi connectivity index (χ1n) is 18.4. The second-order valence-electron chi connectivity index (χ2n) is 12.4. The zero-order valence-electron chi connectivity index (χ0n) is 28.2. The summed E-state index contributed by atoms with van der Waals surface area (Å²) in [5.41, 5.74) is 0. The Labute approximate surface area is 262 Å². The number of carbonyl (C=O) groups is 2. The van der Waals surface area contributed by atoms with Crippen LogP contribution in [0, 0.1) is 5.92 Å². The third kappa shape index (κ3) is 28.7. The predicted octanol–water partition coefficient (Wildman–Crippen LogP) is 11.0. The lowest BCUT2D eigenvalue weighted by Crippen LogP contribution is -2.36. The summed E-state index contributed by atoms with van der Waals surface area (Å²) in [6.07, 6.45) is 41.3. The number of aliphatic hydroxyl groups excluding tert-OH is 1. The molecule has 2 N–H and O–H groups in total. The van der Waals surface area contributed by atoms with Gasteiger partial charge >= 0.3 is 0 Å². The van der Waals surface area contributed by atoms with Crippen molar-refractivity contribution in [3.8, 4) is 0 Å². The molecule has 0 spiro atoms. The number of carbonyl (C=O) groups excluding carboxylic acids is 2. The van der Waals surface area contributed by atoms with E-state index in [1.165, 1.54) is 109 Å². The van der Waals surface area contributed by atoms with Gasteiger partial charge in [-0.25, -0.2) is 0 Å². The van der Waals surface area contributed by atoms with Crippen LogP contribution in [0.1, 0.15) is 187 Å². The topological polar surface area (TPSA) is 66.4 Å². The van der Waals surface area contributed by atoms with Crippen LogP contribution < -0.4 is 5.32 Å². The Morgan fingerprint density at radius 3 is 1.36 bits per heavy atom. The van der Waals surface area contributed by atoms with Crippen LogP contribution in [-0.4, -0.2) is 29.9 Å². The molecule has 0 bridgehead atoms. The van der Waals surface area contributed by atoms with Crippen LogP contribution in [0.4, 0.5) is 0 Å². The predicted molar refractivity (Wildman–Crippen MR) is 183 cm³/mol. The van der Waals surface area contributed by atoms with Crippen molar-refractivity contribution in [1.82, 2.24) is 5.32 Å². The molecule has 4 nitrogen and oxygen atoms in total. The second-order valence-corrected chi connectivity index (χ2v) is 12.4. The number of rotatable bonds is 33. The van der Waals surface area contributed by atoms with E-state index in [4.69, 9.17) is 5.11 Å². The van der Waals surface area contributed by atoms with Crippen molar-refractivity contribution in [2.45, 2.75) is 187 Å². The van der Waals surface area contributed by atoms with Crippen LogP contribution >= 0.6 is 0 Å². The first-order chi connectivity index (χ1) is 20.7. The van der Waals surface area contributed by atoms with Crippen LogP contribution in [0.2, 0.25) is 0 Å². The molecule has 0 radical (unpaired) electrons. The molecule has 0 fully saturated rings. The average Bonchev–Trinajstić information content (AvgIpc) is 2.99. The van der Waals surface area contributed by atoms with Crippen molar-refractivity contribution in [2.75, 3.05) is 13.2 Å². The minimum atomic E-state index is -0.550. The SMILES string of the molecule is CCCCCCCCC=CCCCCCCCC(=O)C(CCCCCC/C=C\CCCCCCCC)C(=O)NCCO. The van der Waals surface area contributed by atoms with Crippen LogP contribution in [0.3, 0.4) is 0 Å². The summed E-state index contributed by atoms with van der Waals surface area (Å²) in [4.78, 5) is 25.5. The number of Topliss-reactive ketones (excluding diaryl/α,β-unsaturated/α-hetero) is 1. The molecule has 0 aliphatic carbocycles. The molecular weight excluding hydrogens is 518 g/mol. The van der Waals surface area contributed by atoms with E-state index in [9.17, 15) is 9.59 Å². The van der Waals surface area contributed by atoms with Gasteiger partial charge in [0.05, 0.1) is 12.5 Å². The fraction of sp³-hybridized carbons (Fsp3) is 0.842. The molecule has 42 heavy (non-hydrogen) atoms. The highest BCUT2D eigenvalue weighted by molar-refractivity contribution is 6.01. The Kier molecular flexibility index (Phi) is 32.9. The summed E-state index contributed by atoms with van der Waals surface area (Å²) in [6, 6.07) is 0. The van der Waals surface area contributed by atoms with E-state index in [1.54, 1.807) is 0 Å². The molecule has 0 aromatic carbocycles. The summed E-state index contributed by atoms with van der Waals surface area (Å²) >= 11 is 0. The maximum Gasteiger partial charge on any atom is 0.230 e. The van der Waals surface area contributed by atoms with Crippen LogP contribution in [0.15, 0.2) is 24.3 Å². The molecule has 1 amide bonds. The summed E-state index contributed by atoms with van der Waals surface area (Å²) in [6.45, 7) is 4.66. The minimum absolute atomic E-state index is 0.0840. The maximum atomic E-state index is 12.9. The van der Waals surface area contributed by atoms with Crippen molar-refractivity contribution in [3.63, 3.8) is 0 Å². The lowest BCUT2D eigenvalue weighted by Gasteiger charge is -2.15. The molecular formula is C38H71NO3. The van der Waals surface area contributed by atoms with Crippen molar-refractivity contribution < 1.29 is 14.7 Å². The molecule has 1 unspecified atom stereocenters. The van der Waals surface area contributed by atoms with Crippen molar-refractivity contribution in [1.29, 1.82) is 0 Å². The average molecular weight is 590 g/mol. The van der Waals surface area contributed by atoms with Gasteiger partial charge < -0.3 is 10.4 Å². The molecule has 0 saturated heterocycles.